The molecule has 0 bridgehead atoms. The van der Waals surface area contributed by atoms with Gasteiger partial charge in [0, 0.05) is 18.9 Å². The van der Waals surface area contributed by atoms with Gasteiger partial charge in [0.25, 0.3) is 0 Å². The molecule has 0 aliphatic carbocycles. The molecule has 0 saturated carbocycles. The molecule has 2 rings (SSSR count). The molecular weight excluding hydrogens is 154 g/mol. The van der Waals surface area contributed by atoms with E-state index in [0.29, 0.717) is 18.4 Å². The Morgan fingerprint density at radius 3 is 2.75 bits per heavy atom. The Morgan fingerprint density at radius 2 is 2.33 bits per heavy atom. The van der Waals surface area contributed by atoms with Crippen LogP contribution in [0.25, 0.3) is 0 Å². The predicted molar refractivity (Wildman–Crippen MR) is 44.6 cm³/mol. The van der Waals surface area contributed by atoms with Crippen LogP contribution in [-0.2, 0) is 9.53 Å². The van der Waals surface area contributed by atoms with E-state index in [1.54, 1.807) is 0 Å². The van der Waals surface area contributed by atoms with Crippen LogP contribution in [0.5, 0.6) is 0 Å². The summed E-state index contributed by atoms with van der Waals surface area (Å²) in [6.45, 7) is 5.98. The van der Waals surface area contributed by atoms with Crippen LogP contribution < -0.4 is 0 Å². The molecule has 0 radical (unpaired) electrons. The molecular formula is C9H13NO2. The second-order valence-electron chi connectivity index (χ2n) is 3.44. The number of carbonyl (C=O) groups is 1. The van der Waals surface area contributed by atoms with Crippen molar-refractivity contribution in [3.05, 3.63) is 12.7 Å². The van der Waals surface area contributed by atoms with E-state index in [4.69, 9.17) is 4.74 Å². The van der Waals surface area contributed by atoms with Crippen molar-refractivity contribution in [1.82, 2.24) is 4.90 Å². The van der Waals surface area contributed by atoms with Crippen LogP contribution in [0, 0.1) is 5.92 Å². The molecule has 1 unspecified atom stereocenters. The van der Waals surface area contributed by atoms with Crippen molar-refractivity contribution in [3.63, 3.8) is 0 Å². The lowest BCUT2D eigenvalue weighted by Crippen LogP contribution is -2.49. The maximum atomic E-state index is 11.4. The number of hydrogen-bond donors (Lipinski definition) is 0. The summed E-state index contributed by atoms with van der Waals surface area (Å²) in [5.74, 6) is 0.617. The van der Waals surface area contributed by atoms with E-state index >= 15 is 0 Å². The van der Waals surface area contributed by atoms with Crippen molar-refractivity contribution < 1.29 is 9.53 Å². The van der Waals surface area contributed by atoms with E-state index in [1.165, 1.54) is 0 Å². The molecule has 1 atom stereocenters. The highest BCUT2D eigenvalue weighted by molar-refractivity contribution is 5.79. The Morgan fingerprint density at radius 1 is 1.58 bits per heavy atom. The lowest BCUT2D eigenvalue weighted by molar-refractivity contribution is -0.139. The average Bonchev–Trinajstić information content (AvgIpc) is 2.29. The molecule has 3 nitrogen and oxygen atoms in total. The third-order valence-corrected chi connectivity index (χ3v) is 2.58. The van der Waals surface area contributed by atoms with Crippen molar-refractivity contribution in [1.29, 1.82) is 0 Å². The summed E-state index contributed by atoms with van der Waals surface area (Å²) >= 11 is 0. The second kappa shape index (κ2) is 2.90. The summed E-state index contributed by atoms with van der Waals surface area (Å²) in [4.78, 5) is 13.3. The standard InChI is InChI=1S/C9H13NO2/c1-2-7-3-9(11)10(4-7)8-5-12-6-8/h2,7-8H,1,3-6H2. The Balaban J connectivity index is 1.97. The maximum absolute atomic E-state index is 11.4. The van der Waals surface area contributed by atoms with Crippen LogP contribution in [0.15, 0.2) is 12.7 Å². The van der Waals surface area contributed by atoms with Gasteiger partial charge >= 0.3 is 0 Å². The zero-order chi connectivity index (χ0) is 8.55. The lowest BCUT2D eigenvalue weighted by Gasteiger charge is -2.34. The van der Waals surface area contributed by atoms with Gasteiger partial charge in [0.05, 0.1) is 19.3 Å². The summed E-state index contributed by atoms with van der Waals surface area (Å²) in [6.07, 6.45) is 2.51. The first-order chi connectivity index (χ1) is 5.81. The molecule has 2 saturated heterocycles. The van der Waals surface area contributed by atoms with E-state index in [9.17, 15) is 4.79 Å². The summed E-state index contributed by atoms with van der Waals surface area (Å²) in [6, 6.07) is 0.349. The van der Waals surface area contributed by atoms with Gasteiger partial charge in [-0.15, -0.1) is 6.58 Å². The fourth-order valence-electron chi connectivity index (χ4n) is 1.67. The zero-order valence-electron chi connectivity index (χ0n) is 7.03. The SMILES string of the molecule is C=CC1CC(=O)N(C2COC2)C1. The normalized spacial score (nSPS) is 30.5. The minimum absolute atomic E-state index is 0.258. The van der Waals surface area contributed by atoms with E-state index in [1.807, 2.05) is 11.0 Å². The highest BCUT2D eigenvalue weighted by Crippen LogP contribution is 2.23. The van der Waals surface area contributed by atoms with Gasteiger partial charge in [0.2, 0.25) is 5.91 Å². The van der Waals surface area contributed by atoms with Gasteiger partial charge in [-0.2, -0.15) is 0 Å². The van der Waals surface area contributed by atoms with Crippen molar-refractivity contribution in [2.45, 2.75) is 12.5 Å². The maximum Gasteiger partial charge on any atom is 0.223 e. The highest BCUT2D eigenvalue weighted by atomic mass is 16.5. The second-order valence-corrected chi connectivity index (χ2v) is 3.44. The third kappa shape index (κ3) is 1.14. The van der Waals surface area contributed by atoms with Crippen molar-refractivity contribution in [2.75, 3.05) is 19.8 Å². The van der Waals surface area contributed by atoms with Gasteiger partial charge in [-0.1, -0.05) is 6.08 Å². The van der Waals surface area contributed by atoms with E-state index in [2.05, 4.69) is 6.58 Å². The van der Waals surface area contributed by atoms with Crippen LogP contribution in [0.2, 0.25) is 0 Å². The van der Waals surface area contributed by atoms with E-state index < -0.39 is 0 Å². The molecule has 2 aliphatic rings. The first kappa shape index (κ1) is 7.80. The third-order valence-electron chi connectivity index (χ3n) is 2.58. The van der Waals surface area contributed by atoms with Gasteiger partial charge in [-0.25, -0.2) is 0 Å². The molecule has 0 N–H and O–H groups in total. The van der Waals surface area contributed by atoms with Crippen LogP contribution in [0.1, 0.15) is 6.42 Å². The predicted octanol–water partition coefficient (Wildman–Crippen LogP) is 0.420. The Bertz CT molecular complexity index is 211. The van der Waals surface area contributed by atoms with Crippen LogP contribution in [-0.4, -0.2) is 36.6 Å². The highest BCUT2D eigenvalue weighted by Gasteiger charge is 2.36. The smallest absolute Gasteiger partial charge is 0.223 e. The molecule has 2 heterocycles. The van der Waals surface area contributed by atoms with Gasteiger partial charge in [0.15, 0.2) is 0 Å². The number of rotatable bonds is 2. The van der Waals surface area contributed by atoms with Gasteiger partial charge in [0.1, 0.15) is 0 Å². The quantitative estimate of drug-likeness (QED) is 0.558. The van der Waals surface area contributed by atoms with Gasteiger partial charge in [-0.3, -0.25) is 4.79 Å². The van der Waals surface area contributed by atoms with Crippen molar-refractivity contribution >= 4 is 5.91 Å². The van der Waals surface area contributed by atoms with Gasteiger partial charge in [-0.05, 0) is 0 Å². The summed E-state index contributed by atoms with van der Waals surface area (Å²) in [5.41, 5.74) is 0. The Hall–Kier alpha value is -0.830. The molecule has 12 heavy (non-hydrogen) atoms. The fraction of sp³-hybridized carbons (Fsp3) is 0.667. The minimum Gasteiger partial charge on any atom is -0.377 e. The average molecular weight is 167 g/mol. The molecule has 0 spiro atoms. The monoisotopic (exact) mass is 167 g/mol. The summed E-state index contributed by atoms with van der Waals surface area (Å²) < 4.78 is 5.04. The van der Waals surface area contributed by atoms with E-state index in [0.717, 1.165) is 19.8 Å². The molecule has 66 valence electrons. The summed E-state index contributed by atoms with van der Waals surface area (Å²) in [7, 11) is 0. The molecule has 2 fully saturated rings. The number of amides is 1. The van der Waals surface area contributed by atoms with Crippen molar-refractivity contribution in [3.8, 4) is 0 Å². The fourth-order valence-corrected chi connectivity index (χ4v) is 1.67. The Labute approximate surface area is 72.0 Å². The van der Waals surface area contributed by atoms with Crippen LogP contribution >= 0.6 is 0 Å². The molecule has 0 aromatic carbocycles. The Kier molecular flexibility index (Phi) is 1.89. The van der Waals surface area contributed by atoms with Crippen LogP contribution in [0.3, 0.4) is 0 Å². The molecule has 2 aliphatic heterocycles. The van der Waals surface area contributed by atoms with Crippen molar-refractivity contribution in [2.24, 2.45) is 5.92 Å². The topological polar surface area (TPSA) is 29.5 Å². The largest absolute Gasteiger partial charge is 0.377 e. The number of likely N-dealkylation sites (tertiary alicyclic amines) is 1. The number of hydrogen-bond acceptors (Lipinski definition) is 2. The van der Waals surface area contributed by atoms with E-state index in [-0.39, 0.29) is 5.91 Å². The zero-order valence-corrected chi connectivity index (χ0v) is 7.03. The first-order valence-electron chi connectivity index (χ1n) is 4.31. The number of ether oxygens (including phenoxy) is 1. The number of carbonyl (C=O) groups excluding carboxylic acids is 1. The molecule has 0 aromatic heterocycles. The molecule has 1 amide bonds. The minimum atomic E-state index is 0.258. The number of nitrogens with zero attached hydrogens (tertiary/aromatic N) is 1. The first-order valence-corrected chi connectivity index (χ1v) is 4.31. The lowest BCUT2D eigenvalue weighted by atomic mass is 10.1. The van der Waals surface area contributed by atoms with Crippen LogP contribution in [0.4, 0.5) is 0 Å². The van der Waals surface area contributed by atoms with Gasteiger partial charge < -0.3 is 9.64 Å². The summed E-state index contributed by atoms with van der Waals surface area (Å²) in [5, 5.41) is 0. The molecule has 3 heteroatoms. The molecule has 0 aromatic rings.